The average Bonchev–Trinajstić information content (AvgIpc) is 3.55. The van der Waals surface area contributed by atoms with Crippen molar-refractivity contribution in [3.8, 4) is 0 Å². The molecule has 0 unspecified atom stereocenters. The van der Waals surface area contributed by atoms with Crippen LogP contribution in [0.2, 0.25) is 0 Å². The van der Waals surface area contributed by atoms with E-state index in [0.717, 1.165) is 35.3 Å². The molecule has 0 aliphatic heterocycles. The van der Waals surface area contributed by atoms with Crippen LogP contribution >= 0.6 is 0 Å². The highest BCUT2D eigenvalue weighted by Gasteiger charge is 2.18. The zero-order chi connectivity index (χ0) is 25.1. The standard InChI is InChI=1S/C32H28N2O2/c1-21(35)33-31-12-5-3-10-29(31)27-16-14-25(19-27)23-8-7-9-24(18-23)26-15-17-28(20-26)30-11-4-6-13-32(30)34-22(2)36/h3-18H,19-20H2,1-2H3,(H,33,35)(H,34,36). The first kappa shape index (κ1) is 23.3. The van der Waals surface area contributed by atoms with Gasteiger partial charge in [-0.05, 0) is 64.5 Å². The fourth-order valence-corrected chi connectivity index (χ4v) is 4.86. The molecule has 0 bridgehead atoms. The maximum Gasteiger partial charge on any atom is 0.221 e. The van der Waals surface area contributed by atoms with Crippen molar-refractivity contribution in [2.45, 2.75) is 26.7 Å². The monoisotopic (exact) mass is 472 g/mol. The summed E-state index contributed by atoms with van der Waals surface area (Å²) in [7, 11) is 0. The van der Waals surface area contributed by atoms with E-state index in [0.29, 0.717) is 0 Å². The highest BCUT2D eigenvalue weighted by Crippen LogP contribution is 2.40. The highest BCUT2D eigenvalue weighted by atomic mass is 16.2. The van der Waals surface area contributed by atoms with Crippen LogP contribution in [0.15, 0.2) is 97.1 Å². The van der Waals surface area contributed by atoms with Gasteiger partial charge in [0.1, 0.15) is 0 Å². The normalized spacial score (nSPS) is 14.5. The zero-order valence-electron chi connectivity index (χ0n) is 20.5. The smallest absolute Gasteiger partial charge is 0.221 e. The summed E-state index contributed by atoms with van der Waals surface area (Å²) in [5, 5.41) is 5.89. The predicted molar refractivity (Wildman–Crippen MR) is 149 cm³/mol. The van der Waals surface area contributed by atoms with E-state index < -0.39 is 0 Å². The molecule has 0 atom stereocenters. The molecule has 0 saturated carbocycles. The summed E-state index contributed by atoms with van der Waals surface area (Å²) in [6.07, 6.45) is 10.3. The number of carbonyl (C=O) groups is 2. The van der Waals surface area contributed by atoms with Gasteiger partial charge < -0.3 is 10.6 Å². The van der Waals surface area contributed by atoms with E-state index in [2.05, 4.69) is 71.3 Å². The van der Waals surface area contributed by atoms with Crippen LogP contribution in [0, 0.1) is 0 Å². The Morgan fingerprint density at radius 2 is 0.972 bits per heavy atom. The van der Waals surface area contributed by atoms with Crippen LogP contribution in [0.3, 0.4) is 0 Å². The maximum absolute atomic E-state index is 11.6. The minimum Gasteiger partial charge on any atom is -0.326 e. The summed E-state index contributed by atoms with van der Waals surface area (Å²) < 4.78 is 0. The number of benzene rings is 3. The summed E-state index contributed by atoms with van der Waals surface area (Å²) in [5.41, 5.74) is 11.1. The van der Waals surface area contributed by atoms with E-state index in [1.54, 1.807) is 0 Å². The summed E-state index contributed by atoms with van der Waals surface area (Å²) >= 11 is 0. The molecule has 3 aromatic rings. The number of hydrogen-bond donors (Lipinski definition) is 2. The van der Waals surface area contributed by atoms with Crippen LogP contribution in [0.1, 0.15) is 48.9 Å². The Labute approximate surface area is 211 Å². The van der Waals surface area contributed by atoms with Crippen molar-refractivity contribution < 1.29 is 9.59 Å². The van der Waals surface area contributed by atoms with E-state index in [4.69, 9.17) is 0 Å². The SMILES string of the molecule is CC(=O)Nc1ccccc1C1=CC=C(c2cccc(C3=CC=C(c4ccccc4NC(C)=O)C3)c2)C1. The molecule has 4 heteroatoms. The lowest BCUT2D eigenvalue weighted by molar-refractivity contribution is -0.115. The lowest BCUT2D eigenvalue weighted by Crippen LogP contribution is -2.07. The van der Waals surface area contributed by atoms with E-state index in [1.807, 2.05) is 36.4 Å². The van der Waals surface area contributed by atoms with E-state index in [1.165, 1.54) is 47.3 Å². The molecule has 0 aromatic heterocycles. The van der Waals surface area contributed by atoms with Gasteiger partial charge in [-0.15, -0.1) is 0 Å². The second-order valence-electron chi connectivity index (χ2n) is 9.16. The van der Waals surface area contributed by atoms with Crippen LogP contribution in [0.5, 0.6) is 0 Å². The van der Waals surface area contributed by atoms with E-state index >= 15 is 0 Å². The molecule has 0 saturated heterocycles. The van der Waals surface area contributed by atoms with Crippen LogP contribution < -0.4 is 10.6 Å². The Bertz CT molecular complexity index is 1380. The topological polar surface area (TPSA) is 58.2 Å². The molecule has 36 heavy (non-hydrogen) atoms. The first-order valence-electron chi connectivity index (χ1n) is 12.1. The summed E-state index contributed by atoms with van der Waals surface area (Å²) in [6, 6.07) is 24.5. The molecule has 0 spiro atoms. The van der Waals surface area contributed by atoms with Gasteiger partial charge in [0.15, 0.2) is 0 Å². The lowest BCUT2D eigenvalue weighted by Gasteiger charge is -2.13. The first-order chi connectivity index (χ1) is 17.5. The molecule has 2 N–H and O–H groups in total. The third-order valence-electron chi connectivity index (χ3n) is 6.50. The van der Waals surface area contributed by atoms with Crippen LogP contribution in [-0.2, 0) is 9.59 Å². The highest BCUT2D eigenvalue weighted by molar-refractivity contribution is 5.97. The minimum absolute atomic E-state index is 0.0700. The average molecular weight is 473 g/mol. The van der Waals surface area contributed by atoms with Crippen LogP contribution in [0.25, 0.3) is 22.3 Å². The summed E-state index contributed by atoms with van der Waals surface area (Å²) in [4.78, 5) is 23.3. The Balaban J connectivity index is 1.31. The third kappa shape index (κ3) is 4.98. The summed E-state index contributed by atoms with van der Waals surface area (Å²) in [6.45, 7) is 3.07. The summed E-state index contributed by atoms with van der Waals surface area (Å²) in [5.74, 6) is -0.140. The minimum atomic E-state index is -0.0700. The largest absolute Gasteiger partial charge is 0.326 e. The zero-order valence-corrected chi connectivity index (χ0v) is 20.5. The number of para-hydroxylation sites is 2. The number of amides is 2. The molecule has 3 aromatic carbocycles. The van der Waals surface area contributed by atoms with Gasteiger partial charge in [0.2, 0.25) is 11.8 Å². The number of allylic oxidation sites excluding steroid dienone is 8. The number of anilines is 2. The van der Waals surface area contributed by atoms with Gasteiger partial charge in [0.05, 0.1) is 0 Å². The number of carbonyl (C=O) groups excluding carboxylic acids is 2. The molecule has 0 heterocycles. The van der Waals surface area contributed by atoms with Crippen molar-refractivity contribution in [1.82, 2.24) is 0 Å². The quantitative estimate of drug-likeness (QED) is 0.394. The molecule has 2 aliphatic rings. The molecule has 2 amide bonds. The van der Waals surface area contributed by atoms with Crippen LogP contribution in [-0.4, -0.2) is 11.8 Å². The second kappa shape index (κ2) is 10.0. The Morgan fingerprint density at radius 3 is 1.42 bits per heavy atom. The molecule has 178 valence electrons. The molecule has 2 aliphatic carbocycles. The second-order valence-corrected chi connectivity index (χ2v) is 9.16. The molecule has 0 fully saturated rings. The van der Waals surface area contributed by atoms with Crippen molar-refractivity contribution in [2.24, 2.45) is 0 Å². The fourth-order valence-electron chi connectivity index (χ4n) is 4.86. The third-order valence-corrected chi connectivity index (χ3v) is 6.50. The van der Waals surface area contributed by atoms with Gasteiger partial charge in [-0.1, -0.05) is 78.9 Å². The Hall–Kier alpha value is -4.44. The molecular weight excluding hydrogens is 444 g/mol. The molecule has 0 radical (unpaired) electrons. The Kier molecular flexibility index (Phi) is 6.50. The van der Waals surface area contributed by atoms with Gasteiger partial charge in [0, 0.05) is 36.3 Å². The lowest BCUT2D eigenvalue weighted by atomic mass is 9.93. The maximum atomic E-state index is 11.6. The van der Waals surface area contributed by atoms with Crippen molar-refractivity contribution >= 4 is 45.5 Å². The van der Waals surface area contributed by atoms with E-state index in [-0.39, 0.29) is 11.8 Å². The van der Waals surface area contributed by atoms with Crippen molar-refractivity contribution in [1.29, 1.82) is 0 Å². The van der Waals surface area contributed by atoms with Gasteiger partial charge >= 0.3 is 0 Å². The van der Waals surface area contributed by atoms with Gasteiger partial charge in [-0.3, -0.25) is 9.59 Å². The predicted octanol–water partition coefficient (Wildman–Crippen LogP) is 7.34. The number of rotatable bonds is 6. The van der Waals surface area contributed by atoms with Crippen molar-refractivity contribution in [3.05, 3.63) is 119 Å². The van der Waals surface area contributed by atoms with Gasteiger partial charge in [0.25, 0.3) is 0 Å². The van der Waals surface area contributed by atoms with Crippen molar-refractivity contribution in [3.63, 3.8) is 0 Å². The number of nitrogens with one attached hydrogen (secondary N) is 2. The Morgan fingerprint density at radius 1 is 0.556 bits per heavy atom. The van der Waals surface area contributed by atoms with E-state index in [9.17, 15) is 9.59 Å². The molecular formula is C32H28N2O2. The first-order valence-corrected chi connectivity index (χ1v) is 12.1. The van der Waals surface area contributed by atoms with Gasteiger partial charge in [-0.2, -0.15) is 0 Å². The van der Waals surface area contributed by atoms with Gasteiger partial charge in [-0.25, -0.2) is 0 Å². The fraction of sp³-hybridized carbons (Fsp3) is 0.125. The van der Waals surface area contributed by atoms with Crippen LogP contribution in [0.4, 0.5) is 11.4 Å². The molecule has 5 rings (SSSR count). The van der Waals surface area contributed by atoms with Crippen molar-refractivity contribution in [2.75, 3.05) is 10.6 Å². The number of hydrogen-bond acceptors (Lipinski definition) is 2. The molecule has 4 nitrogen and oxygen atoms in total.